The van der Waals surface area contributed by atoms with E-state index in [9.17, 15) is 9.90 Å². The van der Waals surface area contributed by atoms with E-state index in [0.29, 0.717) is 25.1 Å². The minimum Gasteiger partial charge on any atom is -0.465 e. The topological polar surface area (TPSA) is 69.8 Å². The van der Waals surface area contributed by atoms with Gasteiger partial charge in [-0.2, -0.15) is 4.98 Å². The average molecular weight is 287 g/mol. The Bertz CT molecular complexity index is 651. The highest BCUT2D eigenvalue weighted by atomic mass is 16.4. The molecule has 2 atom stereocenters. The van der Waals surface area contributed by atoms with Crippen molar-refractivity contribution in [3.8, 4) is 0 Å². The molecular formula is C15H17N3O3. The maximum absolute atomic E-state index is 11.2. The lowest BCUT2D eigenvalue weighted by atomic mass is 10.1. The van der Waals surface area contributed by atoms with Crippen molar-refractivity contribution in [2.75, 3.05) is 18.0 Å². The largest absolute Gasteiger partial charge is 0.465 e. The second kappa shape index (κ2) is 4.65. The van der Waals surface area contributed by atoms with Crippen LogP contribution in [0.15, 0.2) is 28.7 Å². The Morgan fingerprint density at radius 1 is 1.24 bits per heavy atom. The lowest BCUT2D eigenvalue weighted by Gasteiger charge is -2.26. The predicted octanol–water partition coefficient (Wildman–Crippen LogP) is 2.55. The minimum atomic E-state index is -0.833. The first-order valence-electron chi connectivity index (χ1n) is 7.34. The Kier molecular flexibility index (Phi) is 2.77. The van der Waals surface area contributed by atoms with Gasteiger partial charge in [-0.1, -0.05) is 12.1 Å². The molecule has 6 heteroatoms. The zero-order valence-corrected chi connectivity index (χ0v) is 11.6. The van der Waals surface area contributed by atoms with Gasteiger partial charge in [0.15, 0.2) is 5.58 Å². The van der Waals surface area contributed by atoms with Gasteiger partial charge in [-0.25, -0.2) is 4.79 Å². The smallest absolute Gasteiger partial charge is 0.407 e. The third-order valence-corrected chi connectivity index (χ3v) is 4.56. The molecule has 6 nitrogen and oxygen atoms in total. The Hall–Kier alpha value is -2.24. The predicted molar refractivity (Wildman–Crippen MR) is 77.5 cm³/mol. The zero-order chi connectivity index (χ0) is 14.4. The number of oxazole rings is 1. The third-order valence-electron chi connectivity index (χ3n) is 4.56. The van der Waals surface area contributed by atoms with Crippen LogP contribution in [-0.4, -0.2) is 46.3 Å². The lowest BCUT2D eigenvalue weighted by molar-refractivity contribution is 0.143. The summed E-state index contributed by atoms with van der Waals surface area (Å²) in [5.41, 5.74) is 1.64. The van der Waals surface area contributed by atoms with Gasteiger partial charge in [0.25, 0.3) is 6.01 Å². The normalized spacial score (nSPS) is 25.3. The number of nitrogens with zero attached hydrogens (tertiary/aromatic N) is 3. The molecule has 0 radical (unpaired) electrons. The van der Waals surface area contributed by atoms with Crippen molar-refractivity contribution in [1.29, 1.82) is 0 Å². The van der Waals surface area contributed by atoms with Crippen molar-refractivity contribution in [1.82, 2.24) is 9.88 Å². The Morgan fingerprint density at radius 2 is 2.05 bits per heavy atom. The molecule has 2 aromatic rings. The first-order chi connectivity index (χ1) is 10.2. The summed E-state index contributed by atoms with van der Waals surface area (Å²) in [4.78, 5) is 19.5. The second-order valence-corrected chi connectivity index (χ2v) is 5.77. The monoisotopic (exact) mass is 287 g/mol. The van der Waals surface area contributed by atoms with Crippen LogP contribution >= 0.6 is 0 Å². The molecule has 0 saturated carbocycles. The Morgan fingerprint density at radius 3 is 2.86 bits per heavy atom. The highest BCUT2D eigenvalue weighted by Gasteiger charge is 2.40. The number of aromatic nitrogens is 1. The van der Waals surface area contributed by atoms with Crippen LogP contribution in [0.1, 0.15) is 19.3 Å². The van der Waals surface area contributed by atoms with Gasteiger partial charge in [-0.15, -0.1) is 0 Å². The molecule has 1 N–H and O–H groups in total. The molecule has 1 aromatic carbocycles. The van der Waals surface area contributed by atoms with Crippen molar-refractivity contribution in [2.24, 2.45) is 0 Å². The van der Waals surface area contributed by atoms with Crippen LogP contribution in [0.2, 0.25) is 0 Å². The van der Waals surface area contributed by atoms with Gasteiger partial charge in [0.1, 0.15) is 5.52 Å². The van der Waals surface area contributed by atoms with Crippen LogP contribution in [0.25, 0.3) is 11.1 Å². The van der Waals surface area contributed by atoms with Crippen LogP contribution in [-0.2, 0) is 0 Å². The SMILES string of the molecule is O=C(O)N1CCC2CCC(C1)N2c1nc2ccccc2o1. The van der Waals surface area contributed by atoms with Crippen LogP contribution < -0.4 is 4.90 Å². The average Bonchev–Trinajstić information content (AvgIpc) is 2.98. The molecule has 21 heavy (non-hydrogen) atoms. The first kappa shape index (κ1) is 12.5. The Labute approximate surface area is 122 Å². The summed E-state index contributed by atoms with van der Waals surface area (Å²) in [5.74, 6) is 0. The van der Waals surface area contributed by atoms with E-state index in [1.54, 1.807) is 0 Å². The summed E-state index contributed by atoms with van der Waals surface area (Å²) in [7, 11) is 0. The summed E-state index contributed by atoms with van der Waals surface area (Å²) in [6, 6.07) is 8.85. The molecule has 2 aliphatic heterocycles. The fraction of sp³-hybridized carbons (Fsp3) is 0.467. The summed E-state index contributed by atoms with van der Waals surface area (Å²) < 4.78 is 5.89. The van der Waals surface area contributed by atoms with E-state index >= 15 is 0 Å². The van der Waals surface area contributed by atoms with E-state index in [4.69, 9.17) is 4.42 Å². The number of benzene rings is 1. The molecular weight excluding hydrogens is 270 g/mol. The van der Waals surface area contributed by atoms with Gasteiger partial charge in [-0.3, -0.25) is 0 Å². The van der Waals surface area contributed by atoms with E-state index in [0.717, 1.165) is 30.4 Å². The lowest BCUT2D eigenvalue weighted by Crippen LogP contribution is -2.41. The van der Waals surface area contributed by atoms with E-state index in [2.05, 4.69) is 9.88 Å². The van der Waals surface area contributed by atoms with E-state index in [-0.39, 0.29) is 6.04 Å². The van der Waals surface area contributed by atoms with E-state index in [1.165, 1.54) is 4.90 Å². The Balaban J connectivity index is 1.69. The molecule has 110 valence electrons. The number of amides is 1. The van der Waals surface area contributed by atoms with Crippen molar-refractivity contribution in [2.45, 2.75) is 31.3 Å². The van der Waals surface area contributed by atoms with Gasteiger partial charge >= 0.3 is 6.09 Å². The second-order valence-electron chi connectivity index (χ2n) is 5.77. The molecule has 2 aliphatic rings. The first-order valence-corrected chi connectivity index (χ1v) is 7.34. The molecule has 3 heterocycles. The molecule has 2 saturated heterocycles. The minimum absolute atomic E-state index is 0.168. The van der Waals surface area contributed by atoms with Crippen LogP contribution in [0.4, 0.5) is 10.8 Å². The molecule has 2 bridgehead atoms. The van der Waals surface area contributed by atoms with E-state index in [1.807, 2.05) is 24.3 Å². The maximum atomic E-state index is 11.2. The van der Waals surface area contributed by atoms with Crippen molar-refractivity contribution < 1.29 is 14.3 Å². The maximum Gasteiger partial charge on any atom is 0.407 e. The zero-order valence-electron chi connectivity index (χ0n) is 11.6. The number of carbonyl (C=O) groups is 1. The summed E-state index contributed by atoms with van der Waals surface area (Å²) in [6.45, 7) is 1.12. The quantitative estimate of drug-likeness (QED) is 0.873. The van der Waals surface area contributed by atoms with Crippen molar-refractivity contribution in [3.63, 3.8) is 0 Å². The van der Waals surface area contributed by atoms with Gasteiger partial charge in [0, 0.05) is 19.1 Å². The summed E-state index contributed by atoms with van der Waals surface area (Å²) in [5, 5.41) is 9.23. The summed E-state index contributed by atoms with van der Waals surface area (Å²) >= 11 is 0. The number of hydrogen-bond acceptors (Lipinski definition) is 4. The van der Waals surface area contributed by atoms with Crippen LogP contribution in [0.3, 0.4) is 0 Å². The fourth-order valence-electron chi connectivity index (χ4n) is 3.53. The number of rotatable bonds is 1. The number of carboxylic acid groups (broad SMARTS) is 1. The molecule has 0 aliphatic carbocycles. The van der Waals surface area contributed by atoms with Gasteiger partial charge in [-0.05, 0) is 31.4 Å². The number of para-hydroxylation sites is 2. The fourth-order valence-corrected chi connectivity index (χ4v) is 3.53. The van der Waals surface area contributed by atoms with Crippen molar-refractivity contribution in [3.05, 3.63) is 24.3 Å². The number of hydrogen-bond donors (Lipinski definition) is 1. The highest BCUT2D eigenvalue weighted by molar-refractivity contribution is 5.74. The third kappa shape index (κ3) is 2.02. The standard InChI is InChI=1S/C15H17N3O3/c19-15(20)17-8-7-10-5-6-11(9-17)18(10)14-16-12-3-1-2-4-13(12)21-14/h1-4,10-11H,5-9H2,(H,19,20). The van der Waals surface area contributed by atoms with Crippen molar-refractivity contribution >= 4 is 23.2 Å². The number of likely N-dealkylation sites (tertiary alicyclic amines) is 1. The van der Waals surface area contributed by atoms with Gasteiger partial charge in [0.05, 0.1) is 6.04 Å². The highest BCUT2D eigenvalue weighted by Crippen LogP contribution is 2.35. The number of fused-ring (bicyclic) bond motifs is 3. The van der Waals surface area contributed by atoms with Gasteiger partial charge < -0.3 is 19.3 Å². The van der Waals surface area contributed by atoms with Crippen LogP contribution in [0.5, 0.6) is 0 Å². The van der Waals surface area contributed by atoms with Crippen LogP contribution in [0, 0.1) is 0 Å². The number of anilines is 1. The molecule has 4 rings (SSSR count). The van der Waals surface area contributed by atoms with E-state index < -0.39 is 6.09 Å². The molecule has 0 spiro atoms. The molecule has 2 unspecified atom stereocenters. The molecule has 1 amide bonds. The summed E-state index contributed by atoms with van der Waals surface area (Å²) in [6.07, 6.45) is 2.08. The molecule has 1 aromatic heterocycles. The molecule has 2 fully saturated rings. The van der Waals surface area contributed by atoms with Gasteiger partial charge in [0.2, 0.25) is 0 Å².